The van der Waals surface area contributed by atoms with E-state index in [0.717, 1.165) is 31.4 Å². The first-order valence-electron chi connectivity index (χ1n) is 14.0. The van der Waals surface area contributed by atoms with Gasteiger partial charge in [0.1, 0.15) is 17.7 Å². The Hall–Kier alpha value is -3.30. The molecule has 3 rings (SSSR count). The maximum absolute atomic E-state index is 13.9. The number of sulfone groups is 1. The van der Waals surface area contributed by atoms with E-state index in [1.165, 1.54) is 12.1 Å². The van der Waals surface area contributed by atoms with Crippen LogP contribution in [-0.4, -0.2) is 68.9 Å². The second-order valence-corrected chi connectivity index (χ2v) is 13.1. The van der Waals surface area contributed by atoms with Crippen LogP contribution >= 0.6 is 0 Å². The fourth-order valence-corrected chi connectivity index (χ4v) is 6.40. The molecule has 1 saturated carbocycles. The van der Waals surface area contributed by atoms with Gasteiger partial charge in [0.2, 0.25) is 5.91 Å². The van der Waals surface area contributed by atoms with E-state index in [9.17, 15) is 45.1 Å². The molecule has 1 aliphatic carbocycles. The van der Waals surface area contributed by atoms with E-state index in [4.69, 9.17) is 0 Å². The summed E-state index contributed by atoms with van der Waals surface area (Å²) in [6.07, 6.45) is -5.60. The Bertz CT molecular complexity index is 1400. The number of aliphatic hydroxyl groups is 1. The number of halogens is 5. The molecule has 0 bridgehead atoms. The smallest absolute Gasteiger partial charge is 0.416 e. The third kappa shape index (κ3) is 10.1. The van der Waals surface area contributed by atoms with E-state index in [-0.39, 0.29) is 24.3 Å². The molecule has 0 spiro atoms. The SMILES string of the molecule is CCCCS(=O)(=O)C[C@@H](NC(=O)OC)C(=O)N[C@@H](Cc1cc(F)cc(F)c1)[C@H](O)CNC1(c2cccc(C(F)(F)F)c2)CC1. The lowest BCUT2D eigenvalue weighted by Crippen LogP contribution is -2.57. The first kappa shape index (κ1) is 35.2. The summed E-state index contributed by atoms with van der Waals surface area (Å²) in [6.45, 7) is 1.52. The molecule has 2 aromatic carbocycles. The molecule has 1 aliphatic rings. The van der Waals surface area contributed by atoms with Crippen LogP contribution in [0.1, 0.15) is 49.3 Å². The van der Waals surface area contributed by atoms with Gasteiger partial charge in [-0.3, -0.25) is 4.79 Å². The molecule has 4 N–H and O–H groups in total. The second-order valence-electron chi connectivity index (χ2n) is 10.9. The summed E-state index contributed by atoms with van der Waals surface area (Å²) in [4.78, 5) is 25.3. The molecule has 0 unspecified atom stereocenters. The normalized spacial score (nSPS) is 16.5. The van der Waals surface area contributed by atoms with Gasteiger partial charge in [-0.25, -0.2) is 22.0 Å². The largest absolute Gasteiger partial charge is 0.453 e. The Labute approximate surface area is 252 Å². The Morgan fingerprint density at radius 3 is 2.30 bits per heavy atom. The molecule has 3 atom stereocenters. The van der Waals surface area contributed by atoms with Crippen molar-refractivity contribution in [3.05, 3.63) is 70.8 Å². The molecule has 0 heterocycles. The van der Waals surface area contributed by atoms with Crippen molar-refractivity contribution >= 4 is 21.8 Å². The van der Waals surface area contributed by atoms with Crippen molar-refractivity contribution in [1.82, 2.24) is 16.0 Å². The molecular formula is C29H36F5N3O6S. The van der Waals surface area contributed by atoms with Crippen molar-refractivity contribution in [2.24, 2.45) is 0 Å². The zero-order valence-electron chi connectivity index (χ0n) is 24.2. The van der Waals surface area contributed by atoms with E-state index < -0.39 is 74.7 Å². The molecule has 0 aromatic heterocycles. The van der Waals surface area contributed by atoms with Crippen LogP contribution in [0.15, 0.2) is 42.5 Å². The topological polar surface area (TPSA) is 134 Å². The minimum absolute atomic E-state index is 0.0545. The number of carbonyl (C=O) groups is 2. The highest BCUT2D eigenvalue weighted by molar-refractivity contribution is 7.91. The number of unbranched alkanes of at least 4 members (excludes halogenated alkanes) is 1. The van der Waals surface area contributed by atoms with Gasteiger partial charge >= 0.3 is 12.3 Å². The second kappa shape index (κ2) is 14.7. The van der Waals surface area contributed by atoms with Crippen molar-refractivity contribution in [2.45, 2.75) is 68.9 Å². The first-order valence-corrected chi connectivity index (χ1v) is 15.8. The summed E-state index contributed by atoms with van der Waals surface area (Å²) in [6, 6.07) is 4.49. The summed E-state index contributed by atoms with van der Waals surface area (Å²) in [5.74, 6) is -3.84. The quantitative estimate of drug-likeness (QED) is 0.217. The van der Waals surface area contributed by atoms with Gasteiger partial charge in [0.25, 0.3) is 0 Å². The van der Waals surface area contributed by atoms with Crippen LogP contribution in [0.5, 0.6) is 0 Å². The number of amides is 2. The number of alkyl halides is 3. The highest BCUT2D eigenvalue weighted by Gasteiger charge is 2.45. The predicted octanol–water partition coefficient (Wildman–Crippen LogP) is 3.59. The van der Waals surface area contributed by atoms with E-state index in [0.29, 0.717) is 37.3 Å². The zero-order valence-corrected chi connectivity index (χ0v) is 25.0. The van der Waals surface area contributed by atoms with E-state index in [2.05, 4.69) is 20.7 Å². The third-order valence-electron chi connectivity index (χ3n) is 7.34. The maximum atomic E-state index is 13.9. The van der Waals surface area contributed by atoms with Gasteiger partial charge in [0, 0.05) is 18.2 Å². The van der Waals surface area contributed by atoms with E-state index in [1.807, 2.05) is 0 Å². The minimum atomic E-state index is -4.56. The Morgan fingerprint density at radius 1 is 1.07 bits per heavy atom. The Balaban J connectivity index is 1.83. The fraction of sp³-hybridized carbons (Fsp3) is 0.517. The summed E-state index contributed by atoms with van der Waals surface area (Å²) in [7, 11) is -2.80. The molecule has 244 valence electrons. The third-order valence-corrected chi connectivity index (χ3v) is 9.09. The molecule has 2 amide bonds. The molecule has 44 heavy (non-hydrogen) atoms. The van der Waals surface area contributed by atoms with E-state index >= 15 is 0 Å². The highest BCUT2D eigenvalue weighted by Crippen LogP contribution is 2.46. The minimum Gasteiger partial charge on any atom is -0.453 e. The van der Waals surface area contributed by atoms with Crippen LogP contribution < -0.4 is 16.0 Å². The lowest BCUT2D eigenvalue weighted by molar-refractivity contribution is -0.137. The standard InChI is InChI=1S/C29H36F5N3O6S/c1-3-4-10-44(41,42)17-24(37-27(40)43-2)26(39)36-23(13-18-11-21(30)15-22(31)12-18)25(38)16-35-28(8-9-28)19-6-5-7-20(14-19)29(32,33)34/h5-7,11-12,14-15,23-25,35,38H,3-4,8-10,13,16-17H2,1-2H3,(H,36,39)(H,37,40)/t23-,24+,25+/m0/s1. The molecule has 9 nitrogen and oxygen atoms in total. The number of alkyl carbamates (subject to hydrolysis) is 1. The van der Waals surface area contributed by atoms with Crippen molar-refractivity contribution < 1.29 is 49.8 Å². The number of methoxy groups -OCH3 is 1. The lowest BCUT2D eigenvalue weighted by Gasteiger charge is -2.29. The van der Waals surface area contributed by atoms with Gasteiger partial charge in [-0.15, -0.1) is 0 Å². The molecule has 0 aliphatic heterocycles. The number of aliphatic hydroxyl groups excluding tert-OH is 1. The molecular weight excluding hydrogens is 613 g/mol. The molecule has 15 heteroatoms. The molecule has 0 saturated heterocycles. The fourth-order valence-electron chi connectivity index (χ4n) is 4.76. The Morgan fingerprint density at radius 2 is 1.73 bits per heavy atom. The average molecular weight is 650 g/mol. The molecule has 1 fully saturated rings. The predicted molar refractivity (Wildman–Crippen MR) is 151 cm³/mol. The average Bonchev–Trinajstić information content (AvgIpc) is 3.74. The van der Waals surface area contributed by atoms with Crippen molar-refractivity contribution in [1.29, 1.82) is 0 Å². The lowest BCUT2D eigenvalue weighted by atomic mass is 9.98. The molecule has 0 radical (unpaired) electrons. The van der Waals surface area contributed by atoms with E-state index in [1.54, 1.807) is 6.92 Å². The summed E-state index contributed by atoms with van der Waals surface area (Å²) >= 11 is 0. The number of benzene rings is 2. The van der Waals surface area contributed by atoms with Crippen LogP contribution in [0, 0.1) is 11.6 Å². The van der Waals surface area contributed by atoms with Gasteiger partial charge in [0.05, 0.1) is 36.3 Å². The van der Waals surface area contributed by atoms with Crippen molar-refractivity contribution in [3.63, 3.8) is 0 Å². The Kier molecular flexibility index (Phi) is 11.7. The summed E-state index contributed by atoms with van der Waals surface area (Å²) in [5.41, 5.74) is -1.30. The highest BCUT2D eigenvalue weighted by atomic mass is 32.2. The number of rotatable bonds is 15. The molecule has 2 aromatic rings. The number of hydrogen-bond donors (Lipinski definition) is 4. The first-order chi connectivity index (χ1) is 20.6. The number of ether oxygens (including phenoxy) is 1. The summed E-state index contributed by atoms with van der Waals surface area (Å²) < 4.78 is 97.5. The van der Waals surface area contributed by atoms with Crippen LogP contribution in [0.2, 0.25) is 0 Å². The van der Waals surface area contributed by atoms with Gasteiger partial charge in [-0.1, -0.05) is 25.5 Å². The monoisotopic (exact) mass is 649 g/mol. The van der Waals surface area contributed by atoms with Crippen LogP contribution in [0.25, 0.3) is 0 Å². The van der Waals surface area contributed by atoms with Crippen molar-refractivity contribution in [3.8, 4) is 0 Å². The number of nitrogens with one attached hydrogen (secondary N) is 3. The van der Waals surface area contributed by atoms with Gasteiger partial charge in [-0.2, -0.15) is 13.2 Å². The summed E-state index contributed by atoms with van der Waals surface area (Å²) in [5, 5.41) is 18.9. The number of hydrogen-bond acceptors (Lipinski definition) is 7. The van der Waals surface area contributed by atoms with Crippen LogP contribution in [-0.2, 0) is 37.5 Å². The zero-order chi connectivity index (χ0) is 32.7. The van der Waals surface area contributed by atoms with Crippen LogP contribution in [0.3, 0.4) is 0 Å². The van der Waals surface area contributed by atoms with Gasteiger partial charge in [0.15, 0.2) is 9.84 Å². The van der Waals surface area contributed by atoms with Crippen LogP contribution in [0.4, 0.5) is 26.7 Å². The van der Waals surface area contributed by atoms with Gasteiger partial charge < -0.3 is 25.8 Å². The van der Waals surface area contributed by atoms with Crippen molar-refractivity contribution in [2.75, 3.05) is 25.2 Å². The maximum Gasteiger partial charge on any atom is 0.416 e. The number of carbonyl (C=O) groups excluding carboxylic acids is 2. The van der Waals surface area contributed by atoms with Gasteiger partial charge in [-0.05, 0) is 61.1 Å².